The van der Waals surface area contributed by atoms with E-state index < -0.39 is 0 Å². The molecule has 0 aliphatic carbocycles. The standard InChI is InChI=1S/C22H21N3O4/c1-14-21(29-16-11-23-25(12-16)15-7-5-4-6-8-15)20(27)17-9-10-19(26)18(13-24(2)3)22(17)28-14/h4-12,26H,13H2,1-3H3. The summed E-state index contributed by atoms with van der Waals surface area (Å²) < 4.78 is 13.4. The van der Waals surface area contributed by atoms with Gasteiger partial charge in [-0.25, -0.2) is 4.68 Å². The Labute approximate surface area is 167 Å². The summed E-state index contributed by atoms with van der Waals surface area (Å²) >= 11 is 0. The number of rotatable bonds is 5. The van der Waals surface area contributed by atoms with Crippen molar-refractivity contribution < 1.29 is 14.3 Å². The van der Waals surface area contributed by atoms with Gasteiger partial charge >= 0.3 is 0 Å². The third kappa shape index (κ3) is 3.60. The largest absolute Gasteiger partial charge is 0.507 e. The van der Waals surface area contributed by atoms with E-state index in [4.69, 9.17) is 9.15 Å². The van der Waals surface area contributed by atoms with E-state index in [1.54, 1.807) is 30.1 Å². The Bertz CT molecular complexity index is 1230. The van der Waals surface area contributed by atoms with Crippen LogP contribution in [0.4, 0.5) is 0 Å². The van der Waals surface area contributed by atoms with E-state index in [0.717, 1.165) is 5.69 Å². The van der Waals surface area contributed by atoms with Gasteiger partial charge in [-0.15, -0.1) is 0 Å². The van der Waals surface area contributed by atoms with Crippen LogP contribution in [0.3, 0.4) is 0 Å². The average Bonchev–Trinajstić information content (AvgIpc) is 3.17. The van der Waals surface area contributed by atoms with Crippen molar-refractivity contribution >= 4 is 11.0 Å². The molecule has 2 aromatic heterocycles. The third-order valence-corrected chi connectivity index (χ3v) is 4.54. The molecule has 2 heterocycles. The molecule has 0 saturated heterocycles. The minimum Gasteiger partial charge on any atom is -0.507 e. The molecule has 7 heteroatoms. The van der Waals surface area contributed by atoms with Crippen molar-refractivity contribution in [2.75, 3.05) is 14.1 Å². The van der Waals surface area contributed by atoms with Crippen molar-refractivity contribution in [2.24, 2.45) is 0 Å². The van der Waals surface area contributed by atoms with Gasteiger partial charge in [0.05, 0.1) is 29.0 Å². The molecule has 4 aromatic rings. The lowest BCUT2D eigenvalue weighted by Crippen LogP contribution is -2.13. The van der Waals surface area contributed by atoms with Crippen LogP contribution >= 0.6 is 0 Å². The Morgan fingerprint density at radius 3 is 2.66 bits per heavy atom. The Morgan fingerprint density at radius 2 is 1.93 bits per heavy atom. The van der Waals surface area contributed by atoms with E-state index in [0.29, 0.717) is 34.6 Å². The predicted molar refractivity (Wildman–Crippen MR) is 110 cm³/mol. The van der Waals surface area contributed by atoms with Gasteiger partial charge in [-0.3, -0.25) is 4.79 Å². The van der Waals surface area contributed by atoms with Crippen molar-refractivity contribution in [3.63, 3.8) is 0 Å². The van der Waals surface area contributed by atoms with Crippen molar-refractivity contribution in [2.45, 2.75) is 13.5 Å². The molecule has 0 saturated carbocycles. The minimum atomic E-state index is -0.295. The Balaban J connectivity index is 1.75. The molecule has 0 aliphatic heterocycles. The van der Waals surface area contributed by atoms with Crippen LogP contribution < -0.4 is 10.2 Å². The smallest absolute Gasteiger partial charge is 0.235 e. The number of fused-ring (bicyclic) bond motifs is 1. The molecule has 2 aromatic carbocycles. The molecular formula is C22H21N3O4. The molecule has 0 atom stereocenters. The number of aromatic hydroxyl groups is 1. The fourth-order valence-electron chi connectivity index (χ4n) is 3.18. The molecule has 0 spiro atoms. The van der Waals surface area contributed by atoms with Gasteiger partial charge in [0, 0.05) is 6.54 Å². The van der Waals surface area contributed by atoms with Gasteiger partial charge in [0.15, 0.2) is 5.75 Å². The number of phenolic OH excluding ortho intramolecular Hbond substituents is 1. The number of aromatic nitrogens is 2. The van der Waals surface area contributed by atoms with Crippen LogP contribution in [0.2, 0.25) is 0 Å². The SMILES string of the molecule is Cc1oc2c(CN(C)C)c(O)ccc2c(=O)c1Oc1cnn(-c2ccccc2)c1. The van der Waals surface area contributed by atoms with Crippen molar-refractivity contribution in [1.29, 1.82) is 0 Å². The van der Waals surface area contributed by atoms with Gasteiger partial charge in [-0.1, -0.05) is 18.2 Å². The second-order valence-electron chi connectivity index (χ2n) is 7.05. The maximum absolute atomic E-state index is 13.1. The molecular weight excluding hydrogens is 370 g/mol. The van der Waals surface area contributed by atoms with Crippen LogP contribution in [-0.4, -0.2) is 33.9 Å². The summed E-state index contributed by atoms with van der Waals surface area (Å²) in [6.45, 7) is 2.11. The van der Waals surface area contributed by atoms with E-state index >= 15 is 0 Å². The van der Waals surface area contributed by atoms with E-state index in [1.807, 2.05) is 49.3 Å². The van der Waals surface area contributed by atoms with E-state index in [9.17, 15) is 9.90 Å². The number of benzene rings is 2. The maximum Gasteiger partial charge on any atom is 0.235 e. The van der Waals surface area contributed by atoms with Crippen LogP contribution in [0.15, 0.2) is 64.1 Å². The zero-order valence-corrected chi connectivity index (χ0v) is 16.4. The summed E-state index contributed by atoms with van der Waals surface area (Å²) in [6.07, 6.45) is 3.25. The number of hydrogen-bond donors (Lipinski definition) is 1. The fraction of sp³-hybridized carbons (Fsp3) is 0.182. The zero-order valence-electron chi connectivity index (χ0n) is 16.4. The summed E-state index contributed by atoms with van der Waals surface area (Å²) in [7, 11) is 3.76. The highest BCUT2D eigenvalue weighted by molar-refractivity contribution is 5.83. The van der Waals surface area contributed by atoms with Crippen LogP contribution in [0.1, 0.15) is 11.3 Å². The van der Waals surface area contributed by atoms with Gasteiger partial charge in [0.1, 0.15) is 17.1 Å². The number of ether oxygens (including phenoxy) is 1. The summed E-state index contributed by atoms with van der Waals surface area (Å²) in [4.78, 5) is 15.0. The minimum absolute atomic E-state index is 0.0894. The highest BCUT2D eigenvalue weighted by Gasteiger charge is 2.19. The van der Waals surface area contributed by atoms with Gasteiger partial charge in [-0.2, -0.15) is 5.10 Å². The zero-order chi connectivity index (χ0) is 20.5. The predicted octanol–water partition coefficient (Wildman–Crippen LogP) is 3.85. The lowest BCUT2D eigenvalue weighted by atomic mass is 10.1. The quantitative estimate of drug-likeness (QED) is 0.557. The first-order valence-corrected chi connectivity index (χ1v) is 9.15. The normalized spacial score (nSPS) is 11.3. The first-order chi connectivity index (χ1) is 13.9. The first-order valence-electron chi connectivity index (χ1n) is 9.15. The molecule has 0 aliphatic rings. The molecule has 29 heavy (non-hydrogen) atoms. The number of nitrogens with zero attached hydrogens (tertiary/aromatic N) is 3. The molecule has 0 fully saturated rings. The molecule has 7 nitrogen and oxygen atoms in total. The summed E-state index contributed by atoms with van der Waals surface area (Å²) in [5.41, 5.74) is 1.52. The monoisotopic (exact) mass is 391 g/mol. The van der Waals surface area contributed by atoms with Crippen LogP contribution in [0.5, 0.6) is 17.2 Å². The van der Waals surface area contributed by atoms with Crippen LogP contribution in [0.25, 0.3) is 16.7 Å². The maximum atomic E-state index is 13.1. The number of para-hydroxylation sites is 1. The summed E-state index contributed by atoms with van der Waals surface area (Å²) in [6, 6.07) is 12.7. The lowest BCUT2D eigenvalue weighted by Gasteiger charge is -2.14. The van der Waals surface area contributed by atoms with Crippen molar-refractivity contribution in [1.82, 2.24) is 14.7 Å². The lowest BCUT2D eigenvalue weighted by molar-refractivity contribution is 0.381. The first kappa shape index (κ1) is 18.8. The van der Waals surface area contributed by atoms with E-state index in [-0.39, 0.29) is 16.9 Å². The molecule has 148 valence electrons. The molecule has 0 radical (unpaired) electrons. The van der Waals surface area contributed by atoms with Crippen molar-refractivity contribution in [3.05, 3.63) is 76.4 Å². The van der Waals surface area contributed by atoms with Crippen LogP contribution in [0, 0.1) is 6.92 Å². The summed E-state index contributed by atoms with van der Waals surface area (Å²) in [5, 5.41) is 14.9. The van der Waals surface area contributed by atoms with Gasteiger partial charge in [0.25, 0.3) is 0 Å². The molecule has 4 rings (SSSR count). The van der Waals surface area contributed by atoms with Crippen LogP contribution in [-0.2, 0) is 6.54 Å². The van der Waals surface area contributed by atoms with E-state index in [1.165, 1.54) is 6.07 Å². The molecule has 0 unspecified atom stereocenters. The van der Waals surface area contributed by atoms with E-state index in [2.05, 4.69) is 5.10 Å². The number of phenols is 1. The Morgan fingerprint density at radius 1 is 1.17 bits per heavy atom. The number of hydrogen-bond acceptors (Lipinski definition) is 6. The second-order valence-corrected chi connectivity index (χ2v) is 7.05. The number of aryl methyl sites for hydroxylation is 1. The van der Waals surface area contributed by atoms with Gasteiger partial charge < -0.3 is 19.2 Å². The third-order valence-electron chi connectivity index (χ3n) is 4.54. The Hall–Kier alpha value is -3.58. The van der Waals surface area contributed by atoms with Crippen molar-refractivity contribution in [3.8, 4) is 22.9 Å². The molecule has 1 N–H and O–H groups in total. The highest BCUT2D eigenvalue weighted by Crippen LogP contribution is 2.31. The highest BCUT2D eigenvalue weighted by atomic mass is 16.5. The summed E-state index contributed by atoms with van der Waals surface area (Å²) in [5.74, 6) is 0.953. The molecule has 0 amide bonds. The van der Waals surface area contributed by atoms with Gasteiger partial charge in [0.2, 0.25) is 11.2 Å². The Kier molecular flexibility index (Phi) is 4.82. The topological polar surface area (TPSA) is 80.7 Å². The fourth-order valence-corrected chi connectivity index (χ4v) is 3.18. The average molecular weight is 391 g/mol. The molecule has 0 bridgehead atoms. The second kappa shape index (κ2) is 7.44. The van der Waals surface area contributed by atoms with Gasteiger partial charge in [-0.05, 0) is 45.3 Å².